The van der Waals surface area contributed by atoms with Crippen molar-refractivity contribution in [1.82, 2.24) is 15.1 Å². The van der Waals surface area contributed by atoms with Gasteiger partial charge >= 0.3 is 0 Å². The number of hydrogen-bond acceptors (Lipinski definition) is 3. The van der Waals surface area contributed by atoms with Crippen molar-refractivity contribution in [2.75, 3.05) is 7.05 Å². The number of hydrogen-bond donors (Lipinski definition) is 2. The van der Waals surface area contributed by atoms with E-state index in [9.17, 15) is 9.18 Å². The van der Waals surface area contributed by atoms with Crippen LogP contribution >= 0.6 is 0 Å². The van der Waals surface area contributed by atoms with Crippen LogP contribution in [0.5, 0.6) is 0 Å². The first-order valence-electron chi connectivity index (χ1n) is 6.33. The number of benzene rings is 1. The van der Waals surface area contributed by atoms with Crippen LogP contribution in [0.15, 0.2) is 30.5 Å². The van der Waals surface area contributed by atoms with Crippen LogP contribution in [-0.2, 0) is 6.42 Å². The maximum atomic E-state index is 13.4. The molecule has 3 N–H and O–H groups in total. The van der Waals surface area contributed by atoms with Gasteiger partial charge in [-0.25, -0.2) is 9.07 Å². The second kappa shape index (κ2) is 5.83. The lowest BCUT2D eigenvalue weighted by Gasteiger charge is -2.11. The van der Waals surface area contributed by atoms with Gasteiger partial charge in [0.25, 0.3) is 5.91 Å². The Morgan fingerprint density at radius 3 is 2.90 bits per heavy atom. The molecule has 0 aliphatic heterocycles. The van der Waals surface area contributed by atoms with Gasteiger partial charge in [0.1, 0.15) is 5.82 Å². The quantitative estimate of drug-likeness (QED) is 0.883. The molecule has 1 heterocycles. The maximum Gasteiger partial charge on any atom is 0.271 e. The van der Waals surface area contributed by atoms with Crippen LogP contribution in [0.4, 0.5) is 4.39 Å². The summed E-state index contributed by atoms with van der Waals surface area (Å²) in [6, 6.07) is 5.96. The molecule has 1 atom stereocenters. The fraction of sp³-hybridized carbons (Fsp3) is 0.286. The average Bonchev–Trinajstić information content (AvgIpc) is 2.86. The van der Waals surface area contributed by atoms with Gasteiger partial charge in [0, 0.05) is 19.3 Å². The second-order valence-electron chi connectivity index (χ2n) is 4.68. The van der Waals surface area contributed by atoms with Gasteiger partial charge < -0.3 is 11.1 Å². The van der Waals surface area contributed by atoms with Gasteiger partial charge in [-0.1, -0.05) is 0 Å². The second-order valence-corrected chi connectivity index (χ2v) is 4.68. The molecule has 2 aromatic rings. The summed E-state index contributed by atoms with van der Waals surface area (Å²) in [6.07, 6.45) is 2.20. The lowest BCUT2D eigenvalue weighted by atomic mass is 10.1. The third-order valence-electron chi connectivity index (χ3n) is 2.88. The minimum atomic E-state index is -0.317. The molecule has 20 heavy (non-hydrogen) atoms. The first-order chi connectivity index (χ1) is 9.51. The number of carbonyl (C=O) groups is 1. The number of nitrogens with one attached hydrogen (secondary N) is 1. The van der Waals surface area contributed by atoms with Gasteiger partial charge in [-0.15, -0.1) is 0 Å². The van der Waals surface area contributed by atoms with Gasteiger partial charge in [-0.3, -0.25) is 4.79 Å². The summed E-state index contributed by atoms with van der Waals surface area (Å²) >= 11 is 0. The lowest BCUT2D eigenvalue weighted by Crippen LogP contribution is -2.20. The summed E-state index contributed by atoms with van der Waals surface area (Å²) in [6.45, 7) is 1.85. The number of amides is 1. The summed E-state index contributed by atoms with van der Waals surface area (Å²) in [5, 5.41) is 6.70. The Morgan fingerprint density at radius 2 is 2.25 bits per heavy atom. The Kier molecular flexibility index (Phi) is 4.14. The summed E-state index contributed by atoms with van der Waals surface area (Å²) in [7, 11) is 1.54. The van der Waals surface area contributed by atoms with Crippen LogP contribution < -0.4 is 11.1 Å². The van der Waals surface area contributed by atoms with Crippen molar-refractivity contribution >= 4 is 5.91 Å². The predicted molar refractivity (Wildman–Crippen MR) is 74.3 cm³/mol. The van der Waals surface area contributed by atoms with Gasteiger partial charge in [0.15, 0.2) is 5.69 Å². The largest absolute Gasteiger partial charge is 0.354 e. The van der Waals surface area contributed by atoms with E-state index < -0.39 is 0 Å². The topological polar surface area (TPSA) is 72.9 Å². The molecule has 0 saturated heterocycles. The molecule has 1 unspecified atom stereocenters. The van der Waals surface area contributed by atoms with Gasteiger partial charge in [0.2, 0.25) is 0 Å². The summed E-state index contributed by atoms with van der Waals surface area (Å²) in [5.41, 5.74) is 7.57. The van der Waals surface area contributed by atoms with Crippen molar-refractivity contribution in [3.63, 3.8) is 0 Å². The molecule has 0 aliphatic rings. The Labute approximate surface area is 116 Å². The van der Waals surface area contributed by atoms with Gasteiger partial charge in [0.05, 0.1) is 5.69 Å². The van der Waals surface area contributed by atoms with E-state index in [2.05, 4.69) is 10.4 Å². The summed E-state index contributed by atoms with van der Waals surface area (Å²) < 4.78 is 14.9. The zero-order chi connectivity index (χ0) is 14.7. The zero-order valence-corrected chi connectivity index (χ0v) is 11.4. The van der Waals surface area contributed by atoms with Crippen molar-refractivity contribution in [3.8, 4) is 5.69 Å². The van der Waals surface area contributed by atoms with Crippen LogP contribution in [0.25, 0.3) is 5.69 Å². The Hall–Kier alpha value is -2.21. The van der Waals surface area contributed by atoms with Crippen LogP contribution in [-0.4, -0.2) is 28.8 Å². The highest BCUT2D eigenvalue weighted by atomic mass is 19.1. The van der Waals surface area contributed by atoms with E-state index in [1.165, 1.54) is 12.1 Å². The molecule has 6 heteroatoms. The molecule has 0 aliphatic carbocycles. The van der Waals surface area contributed by atoms with Crippen molar-refractivity contribution in [2.24, 2.45) is 5.73 Å². The molecule has 5 nitrogen and oxygen atoms in total. The summed E-state index contributed by atoms with van der Waals surface area (Å²) in [4.78, 5) is 11.5. The van der Waals surface area contributed by atoms with E-state index in [0.29, 0.717) is 12.1 Å². The monoisotopic (exact) mass is 276 g/mol. The molecule has 1 amide bonds. The molecule has 0 bridgehead atoms. The minimum absolute atomic E-state index is 0.0930. The van der Waals surface area contributed by atoms with E-state index in [4.69, 9.17) is 5.73 Å². The normalized spacial score (nSPS) is 12.2. The Balaban J connectivity index is 2.41. The lowest BCUT2D eigenvalue weighted by molar-refractivity contribution is 0.0957. The molecule has 106 valence electrons. The Morgan fingerprint density at radius 1 is 1.50 bits per heavy atom. The van der Waals surface area contributed by atoms with E-state index in [0.717, 1.165) is 11.3 Å². The van der Waals surface area contributed by atoms with E-state index >= 15 is 0 Å². The number of nitrogens with zero attached hydrogens (tertiary/aromatic N) is 2. The average molecular weight is 276 g/mol. The molecule has 2 rings (SSSR count). The predicted octanol–water partition coefficient (Wildman–Crippen LogP) is 1.26. The number of carbonyl (C=O) groups excluding carboxylic acids is 1. The fourth-order valence-electron chi connectivity index (χ4n) is 2.00. The molecule has 1 aromatic heterocycles. The number of halogens is 1. The van der Waals surface area contributed by atoms with Crippen molar-refractivity contribution in [1.29, 1.82) is 0 Å². The fourth-order valence-corrected chi connectivity index (χ4v) is 2.00. The van der Waals surface area contributed by atoms with Crippen LogP contribution in [0, 0.1) is 5.82 Å². The van der Waals surface area contributed by atoms with Gasteiger partial charge in [-0.05, 0) is 43.2 Å². The highest BCUT2D eigenvalue weighted by molar-refractivity contribution is 5.91. The molecular weight excluding hydrogens is 259 g/mol. The molecular formula is C14H17FN4O. The third-order valence-corrected chi connectivity index (χ3v) is 2.88. The van der Waals surface area contributed by atoms with E-state index in [1.807, 2.05) is 6.92 Å². The standard InChI is InChI=1S/C14H17FN4O/c1-9(16)7-10-8-11(15)3-4-13(10)19-6-5-12(18-19)14(20)17-2/h3-6,8-9H,7,16H2,1-2H3,(H,17,20). The molecule has 0 spiro atoms. The zero-order valence-electron chi connectivity index (χ0n) is 11.4. The SMILES string of the molecule is CNC(=O)c1ccn(-c2ccc(F)cc2CC(C)N)n1. The molecule has 0 saturated carbocycles. The molecule has 0 fully saturated rings. The van der Waals surface area contributed by atoms with Crippen molar-refractivity contribution < 1.29 is 9.18 Å². The third kappa shape index (κ3) is 3.03. The van der Waals surface area contributed by atoms with Crippen molar-refractivity contribution in [3.05, 3.63) is 47.5 Å². The highest BCUT2D eigenvalue weighted by Crippen LogP contribution is 2.17. The number of nitrogens with two attached hydrogens (primary N) is 1. The van der Waals surface area contributed by atoms with Crippen LogP contribution in [0.2, 0.25) is 0 Å². The molecule has 0 radical (unpaired) electrons. The smallest absolute Gasteiger partial charge is 0.271 e. The summed E-state index contributed by atoms with van der Waals surface area (Å²) in [5.74, 6) is -0.581. The number of aromatic nitrogens is 2. The minimum Gasteiger partial charge on any atom is -0.354 e. The maximum absolute atomic E-state index is 13.4. The van der Waals surface area contributed by atoms with Crippen molar-refractivity contribution in [2.45, 2.75) is 19.4 Å². The van der Waals surface area contributed by atoms with E-state index in [1.54, 1.807) is 30.1 Å². The first kappa shape index (κ1) is 14.2. The number of rotatable bonds is 4. The van der Waals surface area contributed by atoms with Crippen LogP contribution in [0.1, 0.15) is 23.0 Å². The Bertz CT molecular complexity index is 621. The highest BCUT2D eigenvalue weighted by Gasteiger charge is 2.12. The van der Waals surface area contributed by atoms with E-state index in [-0.39, 0.29) is 17.8 Å². The van der Waals surface area contributed by atoms with Crippen LogP contribution in [0.3, 0.4) is 0 Å². The first-order valence-corrected chi connectivity index (χ1v) is 6.33. The van der Waals surface area contributed by atoms with Gasteiger partial charge in [-0.2, -0.15) is 5.10 Å². The molecule has 1 aromatic carbocycles.